The molecule has 0 aliphatic carbocycles. The van der Waals surface area contributed by atoms with Crippen molar-refractivity contribution < 1.29 is 4.92 Å². The first-order chi connectivity index (χ1) is 9.52. The number of benzene rings is 1. The van der Waals surface area contributed by atoms with E-state index >= 15 is 0 Å². The molecule has 2 rings (SSSR count). The van der Waals surface area contributed by atoms with Crippen molar-refractivity contribution in [3.63, 3.8) is 0 Å². The number of halogens is 1. The van der Waals surface area contributed by atoms with E-state index in [0.29, 0.717) is 23.1 Å². The van der Waals surface area contributed by atoms with Gasteiger partial charge in [0.05, 0.1) is 9.40 Å². The number of likely N-dealkylation sites (tertiary alicyclic amines) is 1. The summed E-state index contributed by atoms with van der Waals surface area (Å²) in [5.41, 5.74) is 6.94. The maximum Gasteiger partial charge on any atom is 0.283 e. The van der Waals surface area contributed by atoms with Crippen LogP contribution in [-0.4, -0.2) is 28.5 Å². The number of nitrogens with two attached hydrogens (primary N) is 1. The lowest BCUT2D eigenvalue weighted by molar-refractivity contribution is -0.385. The highest BCUT2D eigenvalue weighted by Gasteiger charge is 2.27. The Bertz CT molecular complexity index is 495. The van der Waals surface area contributed by atoms with Crippen LogP contribution in [0.2, 0.25) is 0 Å². The first kappa shape index (κ1) is 15.4. The summed E-state index contributed by atoms with van der Waals surface area (Å²) < 4.78 is 0.522. The van der Waals surface area contributed by atoms with Crippen LogP contribution in [0.15, 0.2) is 22.7 Å². The summed E-state index contributed by atoms with van der Waals surface area (Å²) in [6.45, 7) is 3.56. The van der Waals surface area contributed by atoms with Crippen LogP contribution >= 0.6 is 15.9 Å². The number of nitro benzene ring substituents is 1. The number of nitrogens with zero attached hydrogens (tertiary/aromatic N) is 2. The summed E-state index contributed by atoms with van der Waals surface area (Å²) in [6.07, 6.45) is 3.48. The van der Waals surface area contributed by atoms with Crippen molar-refractivity contribution in [2.45, 2.75) is 44.8 Å². The number of rotatable bonds is 4. The van der Waals surface area contributed by atoms with Crippen molar-refractivity contribution >= 4 is 21.6 Å². The van der Waals surface area contributed by atoms with Gasteiger partial charge in [0.25, 0.3) is 5.69 Å². The van der Waals surface area contributed by atoms with E-state index in [4.69, 9.17) is 5.73 Å². The monoisotopic (exact) mass is 341 g/mol. The topological polar surface area (TPSA) is 72.4 Å². The number of hydrogen-bond donors (Lipinski definition) is 1. The van der Waals surface area contributed by atoms with E-state index in [0.717, 1.165) is 24.9 Å². The van der Waals surface area contributed by atoms with Crippen molar-refractivity contribution in [2.24, 2.45) is 5.73 Å². The lowest BCUT2D eigenvalue weighted by Crippen LogP contribution is -2.48. The van der Waals surface area contributed by atoms with Gasteiger partial charge in [-0.3, -0.25) is 15.0 Å². The summed E-state index contributed by atoms with van der Waals surface area (Å²) in [5, 5.41) is 11.0. The van der Waals surface area contributed by atoms with Gasteiger partial charge in [0, 0.05) is 31.2 Å². The van der Waals surface area contributed by atoms with Crippen LogP contribution in [0.25, 0.3) is 0 Å². The van der Waals surface area contributed by atoms with Gasteiger partial charge >= 0.3 is 0 Å². The molecule has 1 aliphatic rings. The molecular weight excluding hydrogens is 322 g/mol. The molecule has 1 aromatic carbocycles. The zero-order valence-electron chi connectivity index (χ0n) is 11.6. The highest BCUT2D eigenvalue weighted by Crippen LogP contribution is 2.29. The average Bonchev–Trinajstić information content (AvgIpc) is 2.42. The Morgan fingerprint density at radius 2 is 2.25 bits per heavy atom. The Morgan fingerprint density at radius 3 is 2.90 bits per heavy atom. The van der Waals surface area contributed by atoms with Gasteiger partial charge in [-0.05, 0) is 47.3 Å². The predicted octanol–water partition coefficient (Wildman–Crippen LogP) is 3.06. The molecule has 6 heteroatoms. The standard InChI is InChI=1S/C14H20BrN3O2/c1-10-3-2-4-12(8-16)17(10)9-11-5-6-13(15)14(7-11)18(19)20/h5-7,10,12H,2-4,8-9,16H2,1H3. The molecule has 2 unspecified atom stereocenters. The Balaban J connectivity index is 2.19. The van der Waals surface area contributed by atoms with Gasteiger partial charge in [0.15, 0.2) is 0 Å². The average molecular weight is 342 g/mol. The van der Waals surface area contributed by atoms with Crippen LogP contribution in [0, 0.1) is 10.1 Å². The van der Waals surface area contributed by atoms with Crippen molar-refractivity contribution in [1.82, 2.24) is 4.90 Å². The molecule has 110 valence electrons. The summed E-state index contributed by atoms with van der Waals surface area (Å²) in [4.78, 5) is 13.0. The first-order valence-corrected chi connectivity index (χ1v) is 7.71. The third-order valence-corrected chi connectivity index (χ3v) is 4.71. The molecule has 2 atom stereocenters. The lowest BCUT2D eigenvalue weighted by atomic mass is 9.95. The summed E-state index contributed by atoms with van der Waals surface area (Å²) in [5.74, 6) is 0. The fourth-order valence-electron chi connectivity index (χ4n) is 2.89. The van der Waals surface area contributed by atoms with E-state index in [1.54, 1.807) is 12.1 Å². The molecule has 0 bridgehead atoms. The van der Waals surface area contributed by atoms with Gasteiger partial charge in [-0.25, -0.2) is 0 Å². The molecule has 1 heterocycles. The molecule has 0 radical (unpaired) electrons. The molecule has 2 N–H and O–H groups in total. The number of piperidine rings is 1. The molecule has 1 saturated heterocycles. The molecule has 1 aromatic rings. The molecule has 0 saturated carbocycles. The van der Waals surface area contributed by atoms with Gasteiger partial charge in [0.2, 0.25) is 0 Å². The summed E-state index contributed by atoms with van der Waals surface area (Å²) >= 11 is 3.22. The van der Waals surface area contributed by atoms with Gasteiger partial charge in [-0.1, -0.05) is 12.5 Å². The van der Waals surface area contributed by atoms with E-state index in [1.807, 2.05) is 6.07 Å². The van der Waals surface area contributed by atoms with E-state index in [-0.39, 0.29) is 10.6 Å². The van der Waals surface area contributed by atoms with E-state index < -0.39 is 0 Å². The van der Waals surface area contributed by atoms with Gasteiger partial charge in [-0.15, -0.1) is 0 Å². The van der Waals surface area contributed by atoms with E-state index in [2.05, 4.69) is 27.8 Å². The zero-order chi connectivity index (χ0) is 14.7. The van der Waals surface area contributed by atoms with E-state index in [1.165, 1.54) is 6.42 Å². The number of hydrogen-bond acceptors (Lipinski definition) is 4. The fourth-order valence-corrected chi connectivity index (χ4v) is 3.28. The van der Waals surface area contributed by atoms with Gasteiger partial charge in [-0.2, -0.15) is 0 Å². The van der Waals surface area contributed by atoms with Crippen molar-refractivity contribution in [3.8, 4) is 0 Å². The normalized spacial score (nSPS) is 23.8. The second kappa shape index (κ2) is 6.65. The minimum absolute atomic E-state index is 0.122. The Kier molecular flexibility index (Phi) is 5.12. The molecule has 0 spiro atoms. The van der Waals surface area contributed by atoms with Gasteiger partial charge in [0.1, 0.15) is 0 Å². The molecule has 0 aromatic heterocycles. The van der Waals surface area contributed by atoms with Crippen LogP contribution in [0.1, 0.15) is 31.7 Å². The number of nitro groups is 1. The second-order valence-electron chi connectivity index (χ2n) is 5.38. The third kappa shape index (κ3) is 3.37. The molecule has 1 aliphatic heterocycles. The van der Waals surface area contributed by atoms with Crippen molar-refractivity contribution in [2.75, 3.05) is 6.54 Å². The molecule has 1 fully saturated rings. The van der Waals surface area contributed by atoms with Crippen molar-refractivity contribution in [1.29, 1.82) is 0 Å². The summed E-state index contributed by atoms with van der Waals surface area (Å²) in [7, 11) is 0. The van der Waals surface area contributed by atoms with Crippen LogP contribution in [-0.2, 0) is 6.54 Å². The molecular formula is C14H20BrN3O2. The van der Waals surface area contributed by atoms with E-state index in [9.17, 15) is 10.1 Å². The van der Waals surface area contributed by atoms with Crippen LogP contribution in [0.5, 0.6) is 0 Å². The predicted molar refractivity (Wildman–Crippen MR) is 82.5 cm³/mol. The maximum atomic E-state index is 11.0. The van der Waals surface area contributed by atoms with Crippen LogP contribution in [0.4, 0.5) is 5.69 Å². The Morgan fingerprint density at radius 1 is 1.50 bits per heavy atom. The summed E-state index contributed by atoms with van der Waals surface area (Å²) in [6, 6.07) is 6.19. The lowest BCUT2D eigenvalue weighted by Gasteiger charge is -2.40. The van der Waals surface area contributed by atoms with Crippen molar-refractivity contribution in [3.05, 3.63) is 38.3 Å². The largest absolute Gasteiger partial charge is 0.329 e. The minimum atomic E-state index is -0.354. The molecule has 5 nitrogen and oxygen atoms in total. The highest BCUT2D eigenvalue weighted by molar-refractivity contribution is 9.10. The smallest absolute Gasteiger partial charge is 0.283 e. The Labute approximate surface area is 127 Å². The quantitative estimate of drug-likeness (QED) is 0.674. The SMILES string of the molecule is CC1CCCC(CN)N1Cc1ccc(Br)c([N+](=O)[O-])c1. The Hall–Kier alpha value is -0.980. The van der Waals surface area contributed by atoms with Crippen LogP contribution < -0.4 is 5.73 Å². The zero-order valence-corrected chi connectivity index (χ0v) is 13.2. The fraction of sp³-hybridized carbons (Fsp3) is 0.571. The highest BCUT2D eigenvalue weighted by atomic mass is 79.9. The first-order valence-electron chi connectivity index (χ1n) is 6.91. The molecule has 0 amide bonds. The molecule has 20 heavy (non-hydrogen) atoms. The minimum Gasteiger partial charge on any atom is -0.329 e. The maximum absolute atomic E-state index is 11.0. The van der Waals surface area contributed by atoms with Gasteiger partial charge < -0.3 is 5.73 Å². The third-order valence-electron chi connectivity index (χ3n) is 4.04. The second-order valence-corrected chi connectivity index (χ2v) is 6.24. The van der Waals surface area contributed by atoms with Crippen LogP contribution in [0.3, 0.4) is 0 Å².